The lowest BCUT2D eigenvalue weighted by Crippen LogP contribution is -2.40. The lowest BCUT2D eigenvalue weighted by Gasteiger charge is -2.26. The van der Waals surface area contributed by atoms with Gasteiger partial charge in [-0.25, -0.2) is 0 Å². The average molecular weight is 338 g/mol. The topological polar surface area (TPSA) is 67.4 Å². The van der Waals surface area contributed by atoms with Crippen LogP contribution in [0.4, 0.5) is 5.69 Å². The van der Waals surface area contributed by atoms with Crippen molar-refractivity contribution < 1.29 is 14.3 Å². The van der Waals surface area contributed by atoms with Crippen molar-refractivity contribution in [3.63, 3.8) is 0 Å². The van der Waals surface area contributed by atoms with Gasteiger partial charge in [0.1, 0.15) is 12.4 Å². The molecule has 130 valence electrons. The van der Waals surface area contributed by atoms with Crippen molar-refractivity contribution in [1.82, 2.24) is 5.32 Å². The molecule has 2 N–H and O–H groups in total. The summed E-state index contributed by atoms with van der Waals surface area (Å²) in [5, 5.41) is 5.81. The van der Waals surface area contributed by atoms with E-state index in [-0.39, 0.29) is 23.8 Å². The summed E-state index contributed by atoms with van der Waals surface area (Å²) in [4.78, 5) is 24.5. The summed E-state index contributed by atoms with van der Waals surface area (Å²) >= 11 is 0. The van der Waals surface area contributed by atoms with E-state index in [1.165, 1.54) is 0 Å². The monoisotopic (exact) mass is 338 g/mol. The van der Waals surface area contributed by atoms with Gasteiger partial charge in [0.2, 0.25) is 5.91 Å². The molecule has 5 nitrogen and oxygen atoms in total. The number of benzene rings is 2. The summed E-state index contributed by atoms with van der Waals surface area (Å²) in [5.74, 6) is 0.395. The minimum Gasteiger partial charge on any atom is -0.492 e. The molecule has 2 aromatic rings. The highest BCUT2D eigenvalue weighted by Gasteiger charge is 2.26. The lowest BCUT2D eigenvalue weighted by atomic mass is 9.95. The molecule has 1 aliphatic heterocycles. The van der Waals surface area contributed by atoms with Crippen molar-refractivity contribution in [3.05, 3.63) is 59.7 Å². The van der Waals surface area contributed by atoms with Crippen LogP contribution in [0.1, 0.15) is 29.8 Å². The van der Waals surface area contributed by atoms with E-state index >= 15 is 0 Å². The summed E-state index contributed by atoms with van der Waals surface area (Å²) in [6.07, 6.45) is 0.600. The number of rotatable bonds is 4. The highest BCUT2D eigenvalue weighted by Crippen LogP contribution is 2.30. The molecule has 1 atom stereocenters. The molecule has 0 bridgehead atoms. The third kappa shape index (κ3) is 4.18. The SMILES string of the molecule is CC(C)NC(=O)[C@@H]1COc2ccc(NC(=O)c3ccccc3)cc2C1. The van der Waals surface area contributed by atoms with Gasteiger partial charge in [-0.2, -0.15) is 0 Å². The van der Waals surface area contributed by atoms with Crippen LogP contribution in [0.5, 0.6) is 5.75 Å². The van der Waals surface area contributed by atoms with Crippen LogP contribution in [-0.4, -0.2) is 24.5 Å². The fraction of sp³-hybridized carbons (Fsp3) is 0.300. The van der Waals surface area contributed by atoms with Crippen LogP contribution in [0.25, 0.3) is 0 Å². The number of hydrogen-bond donors (Lipinski definition) is 2. The van der Waals surface area contributed by atoms with Crippen molar-refractivity contribution in [1.29, 1.82) is 0 Å². The van der Waals surface area contributed by atoms with Gasteiger partial charge >= 0.3 is 0 Å². The Balaban J connectivity index is 1.71. The van der Waals surface area contributed by atoms with Gasteiger partial charge in [-0.1, -0.05) is 18.2 Å². The molecule has 1 aliphatic rings. The molecule has 0 aliphatic carbocycles. The van der Waals surface area contributed by atoms with Crippen LogP contribution in [0.15, 0.2) is 48.5 Å². The number of hydrogen-bond acceptors (Lipinski definition) is 3. The Labute approximate surface area is 147 Å². The third-order valence-corrected chi connectivity index (χ3v) is 4.06. The van der Waals surface area contributed by atoms with E-state index in [9.17, 15) is 9.59 Å². The first-order valence-corrected chi connectivity index (χ1v) is 8.45. The Hall–Kier alpha value is -2.82. The Morgan fingerprint density at radius 3 is 2.60 bits per heavy atom. The van der Waals surface area contributed by atoms with Gasteiger partial charge < -0.3 is 15.4 Å². The number of amides is 2. The van der Waals surface area contributed by atoms with Gasteiger partial charge in [-0.05, 0) is 56.2 Å². The maximum absolute atomic E-state index is 12.3. The highest BCUT2D eigenvalue weighted by atomic mass is 16.5. The summed E-state index contributed by atoms with van der Waals surface area (Å²) in [6.45, 7) is 4.25. The van der Waals surface area contributed by atoms with Crippen LogP contribution in [-0.2, 0) is 11.2 Å². The van der Waals surface area contributed by atoms with Gasteiger partial charge in [0.25, 0.3) is 5.91 Å². The van der Waals surface area contributed by atoms with Crippen LogP contribution >= 0.6 is 0 Å². The van der Waals surface area contributed by atoms with E-state index in [0.29, 0.717) is 24.3 Å². The van der Waals surface area contributed by atoms with Crippen molar-refractivity contribution in [3.8, 4) is 5.75 Å². The Morgan fingerprint density at radius 2 is 1.88 bits per heavy atom. The molecule has 2 amide bonds. The molecule has 2 aromatic carbocycles. The molecule has 1 heterocycles. The summed E-state index contributed by atoms with van der Waals surface area (Å²) in [5.41, 5.74) is 2.23. The second kappa shape index (κ2) is 7.38. The zero-order valence-corrected chi connectivity index (χ0v) is 14.4. The molecule has 0 spiro atoms. The second-order valence-corrected chi connectivity index (χ2v) is 6.52. The largest absolute Gasteiger partial charge is 0.492 e. The van der Waals surface area contributed by atoms with E-state index in [4.69, 9.17) is 4.74 Å². The summed E-state index contributed by atoms with van der Waals surface area (Å²) < 4.78 is 5.71. The fourth-order valence-corrected chi connectivity index (χ4v) is 2.84. The zero-order valence-electron chi connectivity index (χ0n) is 14.4. The van der Waals surface area contributed by atoms with Crippen LogP contribution in [0.2, 0.25) is 0 Å². The first kappa shape index (κ1) is 17.0. The maximum Gasteiger partial charge on any atom is 0.255 e. The predicted octanol–water partition coefficient (Wildman–Crippen LogP) is 3.01. The molecule has 0 fully saturated rings. The van der Waals surface area contributed by atoms with E-state index in [1.54, 1.807) is 12.1 Å². The van der Waals surface area contributed by atoms with Gasteiger partial charge in [0.05, 0.1) is 5.92 Å². The quantitative estimate of drug-likeness (QED) is 0.900. The molecule has 0 radical (unpaired) electrons. The molecule has 25 heavy (non-hydrogen) atoms. The molecule has 0 unspecified atom stereocenters. The number of carbonyl (C=O) groups is 2. The number of anilines is 1. The first-order valence-electron chi connectivity index (χ1n) is 8.45. The van der Waals surface area contributed by atoms with Gasteiger partial charge in [0, 0.05) is 17.3 Å². The highest BCUT2D eigenvalue weighted by molar-refractivity contribution is 6.04. The molecule has 5 heteroatoms. The second-order valence-electron chi connectivity index (χ2n) is 6.52. The maximum atomic E-state index is 12.3. The van der Waals surface area contributed by atoms with E-state index in [1.807, 2.05) is 50.2 Å². The minimum absolute atomic E-state index is 0.000579. The molecule has 0 aromatic heterocycles. The normalized spacial score (nSPS) is 15.9. The van der Waals surface area contributed by atoms with Crippen LogP contribution in [0, 0.1) is 5.92 Å². The Bertz CT molecular complexity index is 772. The minimum atomic E-state index is -0.213. The smallest absolute Gasteiger partial charge is 0.255 e. The van der Waals surface area contributed by atoms with Crippen molar-refractivity contribution in [2.75, 3.05) is 11.9 Å². The van der Waals surface area contributed by atoms with E-state index in [0.717, 1.165) is 11.3 Å². The van der Waals surface area contributed by atoms with Gasteiger partial charge in [-0.3, -0.25) is 9.59 Å². The molecule has 0 saturated heterocycles. The van der Waals surface area contributed by atoms with Crippen molar-refractivity contribution >= 4 is 17.5 Å². The Kier molecular flexibility index (Phi) is 5.03. The molecule has 3 rings (SSSR count). The summed E-state index contributed by atoms with van der Waals surface area (Å²) in [6, 6.07) is 14.7. The van der Waals surface area contributed by atoms with Crippen molar-refractivity contribution in [2.24, 2.45) is 5.92 Å². The lowest BCUT2D eigenvalue weighted by molar-refractivity contribution is -0.126. The Morgan fingerprint density at radius 1 is 1.12 bits per heavy atom. The van der Waals surface area contributed by atoms with Crippen LogP contribution in [0.3, 0.4) is 0 Å². The zero-order chi connectivity index (χ0) is 17.8. The van der Waals surface area contributed by atoms with Gasteiger partial charge in [0.15, 0.2) is 0 Å². The van der Waals surface area contributed by atoms with Crippen molar-refractivity contribution in [2.45, 2.75) is 26.3 Å². The number of carbonyl (C=O) groups excluding carboxylic acids is 2. The average Bonchev–Trinajstić information content (AvgIpc) is 2.61. The molecular weight excluding hydrogens is 316 g/mol. The molecular formula is C20H22N2O3. The van der Waals surface area contributed by atoms with Gasteiger partial charge in [-0.15, -0.1) is 0 Å². The number of fused-ring (bicyclic) bond motifs is 1. The predicted molar refractivity (Wildman–Crippen MR) is 96.8 cm³/mol. The van der Waals surface area contributed by atoms with E-state index in [2.05, 4.69) is 10.6 Å². The first-order chi connectivity index (χ1) is 12.0. The molecule has 0 saturated carbocycles. The van der Waals surface area contributed by atoms with Crippen LogP contribution < -0.4 is 15.4 Å². The number of nitrogens with one attached hydrogen (secondary N) is 2. The third-order valence-electron chi connectivity index (χ3n) is 4.06. The number of ether oxygens (including phenoxy) is 1. The van der Waals surface area contributed by atoms with E-state index < -0.39 is 0 Å². The fourth-order valence-electron chi connectivity index (χ4n) is 2.84. The summed E-state index contributed by atoms with van der Waals surface area (Å²) in [7, 11) is 0. The standard InChI is InChI=1S/C20H22N2O3/c1-13(2)21-20(24)16-10-15-11-17(8-9-18(15)25-12-16)22-19(23)14-6-4-3-5-7-14/h3-9,11,13,16H,10,12H2,1-2H3,(H,21,24)(H,22,23)/t16-/m0/s1.